The Bertz CT molecular complexity index is 71.5. The van der Waals surface area contributed by atoms with Crippen molar-refractivity contribution in [3.8, 4) is 0 Å². The third kappa shape index (κ3) is 2.77. The van der Waals surface area contributed by atoms with E-state index in [0.29, 0.717) is 12.0 Å². The quantitative estimate of drug-likeness (QED) is 0.722. The van der Waals surface area contributed by atoms with Gasteiger partial charge in [0, 0.05) is 33.1 Å². The zero-order valence-electron chi connectivity index (χ0n) is 5.73. The molecular weight excluding hydrogens is 288 g/mol. The maximum absolute atomic E-state index is 4.98. The van der Waals surface area contributed by atoms with Gasteiger partial charge in [-0.15, -0.1) is 0 Å². The van der Waals surface area contributed by atoms with Crippen LogP contribution in [0.4, 0.5) is 0 Å². The number of hydrogen-bond acceptors (Lipinski definition) is 2. The molecule has 1 aliphatic rings. The van der Waals surface area contributed by atoms with Gasteiger partial charge < -0.3 is 10.1 Å². The summed E-state index contributed by atoms with van der Waals surface area (Å²) in [7, 11) is 0. The second kappa shape index (κ2) is 4.41. The molecule has 1 rings (SSSR count). The Morgan fingerprint density at radius 2 is 2.33 bits per heavy atom. The van der Waals surface area contributed by atoms with Crippen LogP contribution < -0.4 is 5.32 Å². The number of rotatable bonds is 1. The van der Waals surface area contributed by atoms with E-state index in [1.807, 2.05) is 0 Å². The van der Waals surface area contributed by atoms with Crippen LogP contribution in [0.15, 0.2) is 0 Å². The summed E-state index contributed by atoms with van der Waals surface area (Å²) in [5.41, 5.74) is 0. The zero-order valence-corrected chi connectivity index (χ0v) is 8.44. The monoisotopic (exact) mass is 301 g/mol. The van der Waals surface area contributed by atoms with Crippen LogP contribution >= 0.6 is 0 Å². The van der Waals surface area contributed by atoms with Gasteiger partial charge in [0.15, 0.2) is 0 Å². The van der Waals surface area contributed by atoms with Crippen molar-refractivity contribution in [1.82, 2.24) is 5.32 Å². The van der Waals surface area contributed by atoms with Gasteiger partial charge in [0.1, 0.15) is 0 Å². The third-order valence-corrected chi connectivity index (χ3v) is 1.45. The summed E-state index contributed by atoms with van der Waals surface area (Å²) >= 11 is 0. The van der Waals surface area contributed by atoms with Gasteiger partial charge in [-0.25, -0.2) is 0 Å². The molecule has 9 heavy (non-hydrogen) atoms. The second-order valence-electron chi connectivity index (χ2n) is 2.47. The van der Waals surface area contributed by atoms with E-state index in [-0.39, 0.29) is 20.4 Å². The van der Waals surface area contributed by atoms with E-state index in [1.54, 1.807) is 6.73 Å². The average Bonchev–Trinajstić information content (AvgIpc) is 2.12. The minimum atomic E-state index is 0. The van der Waals surface area contributed by atoms with E-state index < -0.39 is 0 Å². The normalized spacial score (nSPS) is 26.3. The summed E-state index contributed by atoms with van der Waals surface area (Å²) in [5.74, 6) is 0.675. The average molecular weight is 300 g/mol. The van der Waals surface area contributed by atoms with E-state index in [2.05, 4.69) is 19.2 Å². The van der Waals surface area contributed by atoms with Gasteiger partial charge in [-0.05, 0) is 5.92 Å². The molecule has 1 heterocycles. The van der Waals surface area contributed by atoms with Crippen molar-refractivity contribution < 1.29 is 25.2 Å². The molecule has 1 unspecified atom stereocenters. The van der Waals surface area contributed by atoms with E-state index in [0.717, 1.165) is 6.61 Å². The molecule has 0 aromatic heterocycles. The molecule has 0 aliphatic carbocycles. The van der Waals surface area contributed by atoms with Gasteiger partial charge in [-0.3, -0.25) is 0 Å². The molecule has 1 saturated heterocycles. The van der Waals surface area contributed by atoms with Crippen molar-refractivity contribution in [3.63, 3.8) is 0 Å². The molecule has 0 aromatic rings. The predicted molar refractivity (Wildman–Crippen MR) is 32.0 cm³/mol. The van der Waals surface area contributed by atoms with Gasteiger partial charge >= 0.3 is 0 Å². The molecule has 1 radical (unpaired) electrons. The molecule has 1 atom stereocenters. The second-order valence-corrected chi connectivity index (χ2v) is 2.47. The first-order valence-corrected chi connectivity index (χ1v) is 3.00. The smallest absolute Gasteiger partial charge is 0.0260 e. The number of ether oxygens (including phenoxy) is 1. The maximum Gasteiger partial charge on any atom is 0.0260 e. The summed E-state index contributed by atoms with van der Waals surface area (Å²) < 4.78 is 4.98. The Labute approximate surface area is 70.0 Å². The number of nitrogens with one attached hydrogen (secondary N) is 1. The first-order chi connectivity index (χ1) is 3.80. The Morgan fingerprint density at radius 3 is 2.56 bits per heavy atom. The van der Waals surface area contributed by atoms with Crippen LogP contribution in [0.1, 0.15) is 13.8 Å². The molecular formula is C6H12NORe-. The van der Waals surface area contributed by atoms with Crippen molar-refractivity contribution in [3.05, 3.63) is 6.73 Å². The van der Waals surface area contributed by atoms with Gasteiger partial charge in [0.05, 0.1) is 0 Å². The van der Waals surface area contributed by atoms with Crippen LogP contribution in [0.5, 0.6) is 0 Å². The predicted octanol–water partition coefficient (Wildman–Crippen LogP) is 0.748. The molecule has 55 valence electrons. The maximum atomic E-state index is 4.98. The first kappa shape index (κ1) is 9.58. The molecule has 0 bridgehead atoms. The summed E-state index contributed by atoms with van der Waals surface area (Å²) in [6.45, 7) is 6.86. The molecule has 1 aliphatic heterocycles. The molecule has 0 saturated carbocycles. The van der Waals surface area contributed by atoms with Gasteiger partial charge in [-0.2, -0.15) is 6.73 Å². The van der Waals surface area contributed by atoms with E-state index in [1.165, 1.54) is 0 Å². The van der Waals surface area contributed by atoms with Crippen molar-refractivity contribution in [2.24, 2.45) is 5.92 Å². The van der Waals surface area contributed by atoms with Crippen molar-refractivity contribution in [2.75, 3.05) is 6.61 Å². The van der Waals surface area contributed by atoms with Gasteiger partial charge in [-0.1, -0.05) is 13.8 Å². The van der Waals surface area contributed by atoms with Gasteiger partial charge in [0.2, 0.25) is 0 Å². The van der Waals surface area contributed by atoms with Crippen LogP contribution in [0.3, 0.4) is 0 Å². The topological polar surface area (TPSA) is 21.3 Å². The van der Waals surface area contributed by atoms with E-state index in [4.69, 9.17) is 4.74 Å². The minimum Gasteiger partial charge on any atom is -0.536 e. The van der Waals surface area contributed by atoms with Crippen LogP contribution in [0.25, 0.3) is 0 Å². The fourth-order valence-corrected chi connectivity index (χ4v) is 0.720. The van der Waals surface area contributed by atoms with Crippen LogP contribution in [-0.2, 0) is 25.2 Å². The summed E-state index contributed by atoms with van der Waals surface area (Å²) in [6, 6.07) is 0.537. The van der Waals surface area contributed by atoms with Crippen LogP contribution in [0.2, 0.25) is 0 Å². The Balaban J connectivity index is 0.000000640. The standard InChI is InChI=1S/C6H12NO.Re/c1-5(2)6-3-8-4-7-6;/h4-7H,3H2,1-2H3;/q-1;. The molecule has 3 heteroatoms. The fourth-order valence-electron chi connectivity index (χ4n) is 0.720. The largest absolute Gasteiger partial charge is 0.536 e. The van der Waals surface area contributed by atoms with E-state index >= 15 is 0 Å². The molecule has 1 N–H and O–H groups in total. The van der Waals surface area contributed by atoms with E-state index in [9.17, 15) is 0 Å². The molecule has 0 aromatic carbocycles. The summed E-state index contributed by atoms with van der Waals surface area (Å²) in [5, 5.41) is 3.11. The fraction of sp³-hybridized carbons (Fsp3) is 0.833. The summed E-state index contributed by atoms with van der Waals surface area (Å²) in [6.07, 6.45) is 0. The van der Waals surface area contributed by atoms with Gasteiger partial charge in [0.25, 0.3) is 0 Å². The third-order valence-electron chi connectivity index (χ3n) is 1.45. The van der Waals surface area contributed by atoms with Crippen molar-refractivity contribution in [2.45, 2.75) is 19.9 Å². The SMILES string of the molecule is CC(C)C1CO[CH-]N1.[Re]. The number of hydrogen-bond donors (Lipinski definition) is 1. The molecule has 0 spiro atoms. The van der Waals surface area contributed by atoms with Crippen molar-refractivity contribution in [1.29, 1.82) is 0 Å². The first-order valence-electron chi connectivity index (χ1n) is 3.00. The minimum absolute atomic E-state index is 0. The Morgan fingerprint density at radius 1 is 1.67 bits per heavy atom. The van der Waals surface area contributed by atoms with Crippen LogP contribution in [0, 0.1) is 12.6 Å². The molecule has 0 amide bonds. The van der Waals surface area contributed by atoms with Crippen LogP contribution in [-0.4, -0.2) is 12.6 Å². The summed E-state index contributed by atoms with van der Waals surface area (Å²) in [4.78, 5) is 0. The van der Waals surface area contributed by atoms with Crippen molar-refractivity contribution >= 4 is 0 Å². The Kier molecular flexibility index (Phi) is 4.69. The molecule has 1 fully saturated rings. The Hall–Kier alpha value is 0.582. The molecule has 2 nitrogen and oxygen atoms in total. The zero-order chi connectivity index (χ0) is 5.98.